The van der Waals surface area contributed by atoms with Gasteiger partial charge in [-0.15, -0.1) is 0 Å². The third kappa shape index (κ3) is 8.68. The van der Waals surface area contributed by atoms with Gasteiger partial charge in [-0.3, -0.25) is 9.69 Å². The van der Waals surface area contributed by atoms with Gasteiger partial charge in [-0.05, 0) is 19.4 Å². The molecule has 96 valence electrons. The summed E-state index contributed by atoms with van der Waals surface area (Å²) in [5.74, 6) is 0.397. The quantitative estimate of drug-likeness (QED) is 0.446. The van der Waals surface area contributed by atoms with E-state index < -0.39 is 0 Å². The van der Waals surface area contributed by atoms with Crippen LogP contribution in [0.5, 0.6) is 0 Å². The molecule has 0 aliphatic heterocycles. The predicted molar refractivity (Wildman–Crippen MR) is 64.4 cm³/mol. The lowest BCUT2D eigenvalue weighted by atomic mass is 10.2. The Balaban J connectivity index is 3.62. The maximum atomic E-state index is 11.2. The molecule has 0 spiro atoms. The summed E-state index contributed by atoms with van der Waals surface area (Å²) in [6, 6.07) is 0. The molecule has 0 aromatic rings. The third-order valence-corrected chi connectivity index (χ3v) is 2.11. The Morgan fingerprint density at radius 1 is 1.31 bits per heavy atom. The van der Waals surface area contributed by atoms with Gasteiger partial charge in [0.25, 0.3) is 0 Å². The van der Waals surface area contributed by atoms with Crippen molar-refractivity contribution in [3.05, 3.63) is 0 Å². The number of hydrogen-bond donors (Lipinski definition) is 0. The molecular weight excluding hydrogens is 206 g/mol. The molecule has 0 aliphatic rings. The van der Waals surface area contributed by atoms with Crippen molar-refractivity contribution in [3.63, 3.8) is 0 Å². The highest BCUT2D eigenvalue weighted by Crippen LogP contribution is 1.94. The minimum absolute atomic E-state index is 0.159. The van der Waals surface area contributed by atoms with Gasteiger partial charge in [-0.1, -0.05) is 20.8 Å². The number of carbonyl (C=O) groups is 1. The summed E-state index contributed by atoms with van der Waals surface area (Å²) in [4.78, 5) is 13.3. The molecule has 0 bridgehead atoms. The van der Waals surface area contributed by atoms with Gasteiger partial charge in [-0.25, -0.2) is 0 Å². The summed E-state index contributed by atoms with van der Waals surface area (Å²) in [5.41, 5.74) is 0. The van der Waals surface area contributed by atoms with E-state index in [9.17, 15) is 4.79 Å². The molecule has 0 atom stereocenters. The Labute approximate surface area is 98.9 Å². The van der Waals surface area contributed by atoms with Gasteiger partial charge in [-0.2, -0.15) is 0 Å². The van der Waals surface area contributed by atoms with Crippen molar-refractivity contribution >= 4 is 5.97 Å². The van der Waals surface area contributed by atoms with Crippen molar-refractivity contribution < 1.29 is 14.3 Å². The van der Waals surface area contributed by atoms with Gasteiger partial charge in [0, 0.05) is 13.2 Å². The van der Waals surface area contributed by atoms with Crippen LogP contribution in [-0.2, 0) is 14.3 Å². The highest BCUT2D eigenvalue weighted by molar-refractivity contribution is 5.71. The normalized spacial score (nSPS) is 11.1. The van der Waals surface area contributed by atoms with Crippen LogP contribution in [0.2, 0.25) is 0 Å². The van der Waals surface area contributed by atoms with E-state index in [0.29, 0.717) is 25.7 Å². The van der Waals surface area contributed by atoms with Crippen LogP contribution in [0, 0.1) is 5.92 Å². The van der Waals surface area contributed by atoms with Crippen LogP contribution in [0.4, 0.5) is 0 Å². The van der Waals surface area contributed by atoms with E-state index in [0.717, 1.165) is 19.7 Å². The average Bonchev–Trinajstić information content (AvgIpc) is 2.22. The molecule has 0 saturated carbocycles. The number of hydrogen-bond acceptors (Lipinski definition) is 4. The zero-order valence-electron chi connectivity index (χ0n) is 11.0. The maximum Gasteiger partial charge on any atom is 0.320 e. The monoisotopic (exact) mass is 231 g/mol. The first-order chi connectivity index (χ1) is 7.60. The van der Waals surface area contributed by atoms with E-state index in [-0.39, 0.29) is 5.97 Å². The van der Waals surface area contributed by atoms with Gasteiger partial charge in [0.15, 0.2) is 0 Å². The molecule has 0 unspecified atom stereocenters. The Morgan fingerprint density at radius 3 is 2.50 bits per heavy atom. The molecule has 0 aliphatic carbocycles. The van der Waals surface area contributed by atoms with Crippen LogP contribution >= 0.6 is 0 Å². The van der Waals surface area contributed by atoms with Gasteiger partial charge in [0.05, 0.1) is 19.8 Å². The number of ether oxygens (including phenoxy) is 2. The number of rotatable bonds is 9. The van der Waals surface area contributed by atoms with Crippen LogP contribution in [0.1, 0.15) is 27.7 Å². The lowest BCUT2D eigenvalue weighted by molar-refractivity contribution is -0.144. The molecule has 0 fully saturated rings. The highest BCUT2D eigenvalue weighted by atomic mass is 16.5. The Hall–Kier alpha value is -0.610. The molecule has 0 rings (SSSR count). The first-order valence-electron chi connectivity index (χ1n) is 6.05. The van der Waals surface area contributed by atoms with Crippen molar-refractivity contribution in [1.82, 2.24) is 4.90 Å². The fraction of sp³-hybridized carbons (Fsp3) is 0.917. The second kappa shape index (κ2) is 9.60. The predicted octanol–water partition coefficient (Wildman–Crippen LogP) is 1.54. The zero-order valence-corrected chi connectivity index (χ0v) is 11.0. The second-order valence-electron chi connectivity index (χ2n) is 4.14. The molecule has 0 aromatic heterocycles. The maximum absolute atomic E-state index is 11.2. The summed E-state index contributed by atoms with van der Waals surface area (Å²) >= 11 is 0. The summed E-state index contributed by atoms with van der Waals surface area (Å²) in [6.07, 6.45) is 0. The van der Waals surface area contributed by atoms with E-state index in [1.165, 1.54) is 0 Å². The molecule has 0 N–H and O–H groups in total. The van der Waals surface area contributed by atoms with Crippen LogP contribution in [0.25, 0.3) is 0 Å². The standard InChI is InChI=1S/C12H25NO3/c1-5-13(9-12(14)16-6-2)7-8-15-10-11(3)4/h11H,5-10H2,1-4H3. The topological polar surface area (TPSA) is 38.8 Å². The van der Waals surface area contributed by atoms with Crippen LogP contribution in [-0.4, -0.2) is 50.3 Å². The third-order valence-electron chi connectivity index (χ3n) is 2.11. The molecular formula is C12H25NO3. The van der Waals surface area contributed by atoms with Crippen molar-refractivity contribution in [2.75, 3.05) is 39.5 Å². The molecule has 0 saturated heterocycles. The summed E-state index contributed by atoms with van der Waals surface area (Å²) in [5, 5.41) is 0. The summed E-state index contributed by atoms with van der Waals surface area (Å²) in [7, 11) is 0. The SMILES string of the molecule is CCOC(=O)CN(CC)CCOCC(C)C. The fourth-order valence-corrected chi connectivity index (χ4v) is 1.25. The van der Waals surface area contributed by atoms with E-state index in [1.54, 1.807) is 0 Å². The number of likely N-dealkylation sites (N-methyl/N-ethyl adjacent to an activating group) is 1. The average molecular weight is 231 g/mol. The van der Waals surface area contributed by atoms with Crippen molar-refractivity contribution in [1.29, 1.82) is 0 Å². The van der Waals surface area contributed by atoms with E-state index >= 15 is 0 Å². The number of carbonyl (C=O) groups excluding carboxylic acids is 1. The van der Waals surface area contributed by atoms with E-state index in [1.807, 2.05) is 18.7 Å². The van der Waals surface area contributed by atoms with Crippen molar-refractivity contribution in [2.45, 2.75) is 27.7 Å². The molecule has 0 aromatic carbocycles. The van der Waals surface area contributed by atoms with Crippen LogP contribution < -0.4 is 0 Å². The lowest BCUT2D eigenvalue weighted by Gasteiger charge is -2.19. The van der Waals surface area contributed by atoms with Crippen molar-refractivity contribution in [3.8, 4) is 0 Å². The largest absolute Gasteiger partial charge is 0.465 e. The number of nitrogens with zero attached hydrogens (tertiary/aromatic N) is 1. The Bertz CT molecular complexity index is 183. The highest BCUT2D eigenvalue weighted by Gasteiger charge is 2.09. The number of esters is 1. The Morgan fingerprint density at radius 2 is 2.00 bits per heavy atom. The summed E-state index contributed by atoms with van der Waals surface area (Å²) in [6.45, 7) is 12.0. The second-order valence-corrected chi connectivity index (χ2v) is 4.14. The van der Waals surface area contributed by atoms with Gasteiger partial charge in [0.1, 0.15) is 0 Å². The van der Waals surface area contributed by atoms with Crippen LogP contribution in [0.15, 0.2) is 0 Å². The van der Waals surface area contributed by atoms with Gasteiger partial charge < -0.3 is 9.47 Å². The smallest absolute Gasteiger partial charge is 0.320 e. The van der Waals surface area contributed by atoms with Gasteiger partial charge >= 0.3 is 5.97 Å². The van der Waals surface area contributed by atoms with Crippen LogP contribution in [0.3, 0.4) is 0 Å². The first kappa shape index (κ1) is 15.4. The van der Waals surface area contributed by atoms with Crippen molar-refractivity contribution in [2.24, 2.45) is 5.92 Å². The molecule has 0 radical (unpaired) electrons. The molecule has 4 heteroatoms. The minimum Gasteiger partial charge on any atom is -0.465 e. The lowest BCUT2D eigenvalue weighted by Crippen LogP contribution is -2.33. The molecule has 0 amide bonds. The molecule has 16 heavy (non-hydrogen) atoms. The van der Waals surface area contributed by atoms with E-state index in [2.05, 4.69) is 13.8 Å². The fourth-order valence-electron chi connectivity index (χ4n) is 1.25. The van der Waals surface area contributed by atoms with Gasteiger partial charge in [0.2, 0.25) is 0 Å². The Kier molecular flexibility index (Phi) is 9.24. The zero-order chi connectivity index (χ0) is 12.4. The minimum atomic E-state index is -0.159. The first-order valence-corrected chi connectivity index (χ1v) is 6.05. The molecule has 0 heterocycles. The molecule has 4 nitrogen and oxygen atoms in total. The summed E-state index contributed by atoms with van der Waals surface area (Å²) < 4.78 is 10.4. The van der Waals surface area contributed by atoms with E-state index in [4.69, 9.17) is 9.47 Å².